The monoisotopic (exact) mass is 249 g/mol. The van der Waals surface area contributed by atoms with E-state index in [0.717, 1.165) is 6.54 Å². The normalized spacial score (nSPS) is 14.9. The molecular weight excluding hydrogens is 228 g/mol. The van der Waals surface area contributed by atoms with E-state index in [-0.39, 0.29) is 11.7 Å². The highest BCUT2D eigenvalue weighted by Gasteiger charge is 2.20. The van der Waals surface area contributed by atoms with Crippen LogP contribution in [0.25, 0.3) is 0 Å². The fraction of sp³-hybridized carbons (Fsp3) is 0.900. The van der Waals surface area contributed by atoms with Crippen molar-refractivity contribution in [2.75, 3.05) is 40.0 Å². The van der Waals surface area contributed by atoms with Crippen molar-refractivity contribution in [1.82, 2.24) is 9.80 Å². The molecule has 1 amide bonds. The number of nitrogens with zero attached hydrogens (tertiary/aromatic N) is 2. The lowest BCUT2D eigenvalue weighted by atomic mass is 10.1. The summed E-state index contributed by atoms with van der Waals surface area (Å²) in [5, 5.41) is 0. The Balaban J connectivity index is 4.21. The molecule has 0 aliphatic carbocycles. The Kier molecular flexibility index (Phi) is 7.53. The van der Waals surface area contributed by atoms with E-state index in [1.54, 1.807) is 11.9 Å². The van der Waals surface area contributed by atoms with Gasteiger partial charge in [-0.25, -0.2) is 0 Å². The van der Waals surface area contributed by atoms with E-state index in [0.29, 0.717) is 13.0 Å². The van der Waals surface area contributed by atoms with Crippen LogP contribution in [-0.2, 0) is 15.9 Å². The molecule has 0 spiro atoms. The van der Waals surface area contributed by atoms with Crippen molar-refractivity contribution in [3.8, 4) is 0 Å². The van der Waals surface area contributed by atoms with E-state index in [9.17, 15) is 13.6 Å². The summed E-state index contributed by atoms with van der Waals surface area (Å²) >= 11 is -2.15. The summed E-state index contributed by atoms with van der Waals surface area (Å²) in [7, 11) is 5.58. The van der Waals surface area contributed by atoms with Crippen LogP contribution in [0.2, 0.25) is 0 Å². The fourth-order valence-electron chi connectivity index (χ4n) is 1.30. The molecule has 0 aliphatic heterocycles. The zero-order chi connectivity index (χ0) is 12.7. The first-order valence-corrected chi connectivity index (χ1v) is 6.58. The number of hydrogen-bond acceptors (Lipinski definition) is 4. The van der Waals surface area contributed by atoms with Gasteiger partial charge in [-0.15, -0.1) is 0 Å². The van der Waals surface area contributed by atoms with Crippen molar-refractivity contribution in [3.63, 3.8) is 0 Å². The molecule has 6 heteroatoms. The van der Waals surface area contributed by atoms with E-state index in [2.05, 4.69) is 0 Å². The summed E-state index contributed by atoms with van der Waals surface area (Å²) in [4.78, 5) is 15.4. The summed E-state index contributed by atoms with van der Waals surface area (Å²) in [5.74, 6) is -0.583. The Bertz CT molecular complexity index is 246. The SMILES string of the molecule is CC[C@H](CS(=O)[O-])C(=O)N(C)CCN(C)C. The molecule has 96 valence electrons. The van der Waals surface area contributed by atoms with Crippen LogP contribution >= 0.6 is 0 Å². The number of likely N-dealkylation sites (N-methyl/N-ethyl adjacent to an activating group) is 2. The maximum atomic E-state index is 11.9. The number of rotatable bonds is 7. The van der Waals surface area contributed by atoms with Gasteiger partial charge in [0, 0.05) is 31.8 Å². The van der Waals surface area contributed by atoms with Gasteiger partial charge in [-0.3, -0.25) is 9.00 Å². The first-order valence-electron chi connectivity index (χ1n) is 5.34. The van der Waals surface area contributed by atoms with Crippen LogP contribution in [0.4, 0.5) is 0 Å². The molecule has 2 atom stereocenters. The first kappa shape index (κ1) is 15.5. The third-order valence-electron chi connectivity index (χ3n) is 2.44. The number of hydrogen-bond donors (Lipinski definition) is 0. The molecule has 0 N–H and O–H groups in total. The van der Waals surface area contributed by atoms with Gasteiger partial charge in [0.1, 0.15) is 0 Å². The second-order valence-corrected chi connectivity index (χ2v) is 5.08. The summed E-state index contributed by atoms with van der Waals surface area (Å²) in [6.07, 6.45) is 0.555. The van der Waals surface area contributed by atoms with Crippen molar-refractivity contribution < 1.29 is 13.6 Å². The second-order valence-electron chi connectivity index (χ2n) is 4.14. The Morgan fingerprint density at radius 3 is 2.25 bits per heavy atom. The van der Waals surface area contributed by atoms with E-state index in [1.165, 1.54) is 0 Å². The Morgan fingerprint density at radius 2 is 1.88 bits per heavy atom. The predicted octanol–water partition coefficient (Wildman–Crippen LogP) is -0.0883. The van der Waals surface area contributed by atoms with Crippen molar-refractivity contribution in [1.29, 1.82) is 0 Å². The van der Waals surface area contributed by atoms with E-state index in [1.807, 2.05) is 25.9 Å². The molecule has 16 heavy (non-hydrogen) atoms. The van der Waals surface area contributed by atoms with E-state index >= 15 is 0 Å². The van der Waals surface area contributed by atoms with Crippen molar-refractivity contribution in [2.24, 2.45) is 5.92 Å². The zero-order valence-corrected chi connectivity index (χ0v) is 11.2. The molecule has 0 aromatic rings. The molecule has 0 fully saturated rings. The van der Waals surface area contributed by atoms with Crippen molar-refractivity contribution in [3.05, 3.63) is 0 Å². The highest BCUT2D eigenvalue weighted by atomic mass is 32.2. The quantitative estimate of drug-likeness (QED) is 0.592. The second kappa shape index (κ2) is 7.76. The molecule has 0 rings (SSSR count). The molecule has 0 aromatic carbocycles. The Labute approximate surface area is 100 Å². The van der Waals surface area contributed by atoms with Crippen LogP contribution < -0.4 is 0 Å². The minimum absolute atomic E-state index is 0.0817. The molecule has 0 saturated carbocycles. The fourth-order valence-corrected chi connectivity index (χ4v) is 2.01. The maximum Gasteiger partial charge on any atom is 0.226 e. The van der Waals surface area contributed by atoms with Crippen molar-refractivity contribution in [2.45, 2.75) is 13.3 Å². The summed E-state index contributed by atoms with van der Waals surface area (Å²) in [6.45, 7) is 3.22. The lowest BCUT2D eigenvalue weighted by Crippen LogP contribution is -2.38. The minimum atomic E-state index is -2.15. The Morgan fingerprint density at radius 1 is 1.31 bits per heavy atom. The molecule has 0 radical (unpaired) electrons. The number of amides is 1. The van der Waals surface area contributed by atoms with Gasteiger partial charge in [-0.1, -0.05) is 18.0 Å². The Hall–Kier alpha value is -0.460. The predicted molar refractivity (Wildman–Crippen MR) is 63.8 cm³/mol. The van der Waals surface area contributed by atoms with Gasteiger partial charge in [0.05, 0.1) is 0 Å². The van der Waals surface area contributed by atoms with Crippen LogP contribution in [0.3, 0.4) is 0 Å². The molecular formula is C10H21N2O3S-. The average Bonchev–Trinajstić information content (AvgIpc) is 2.21. The smallest absolute Gasteiger partial charge is 0.226 e. The van der Waals surface area contributed by atoms with Gasteiger partial charge in [0.25, 0.3) is 0 Å². The van der Waals surface area contributed by atoms with Crippen LogP contribution in [0.5, 0.6) is 0 Å². The van der Waals surface area contributed by atoms with Gasteiger partial charge in [-0.05, 0) is 20.5 Å². The first-order chi connectivity index (χ1) is 7.38. The van der Waals surface area contributed by atoms with E-state index in [4.69, 9.17) is 0 Å². The maximum absolute atomic E-state index is 11.9. The zero-order valence-electron chi connectivity index (χ0n) is 10.4. The van der Waals surface area contributed by atoms with Gasteiger partial charge in [-0.2, -0.15) is 0 Å². The number of carbonyl (C=O) groups is 1. The molecule has 5 nitrogen and oxygen atoms in total. The van der Waals surface area contributed by atoms with Gasteiger partial charge < -0.3 is 14.4 Å². The molecule has 0 bridgehead atoms. The lowest BCUT2D eigenvalue weighted by molar-refractivity contribution is -0.133. The van der Waals surface area contributed by atoms with Gasteiger partial charge in [0.15, 0.2) is 0 Å². The van der Waals surface area contributed by atoms with Crippen LogP contribution in [-0.4, -0.2) is 64.5 Å². The van der Waals surface area contributed by atoms with Crippen molar-refractivity contribution >= 4 is 17.0 Å². The average molecular weight is 249 g/mol. The van der Waals surface area contributed by atoms with Crippen LogP contribution in [0, 0.1) is 5.92 Å². The van der Waals surface area contributed by atoms with Gasteiger partial charge in [0.2, 0.25) is 5.91 Å². The molecule has 0 aromatic heterocycles. The van der Waals surface area contributed by atoms with E-state index < -0.39 is 17.0 Å². The third-order valence-corrected chi connectivity index (χ3v) is 3.11. The largest absolute Gasteiger partial charge is 0.772 e. The number of carbonyl (C=O) groups excluding carboxylic acids is 1. The molecule has 0 saturated heterocycles. The van der Waals surface area contributed by atoms with Crippen LogP contribution in [0.1, 0.15) is 13.3 Å². The lowest BCUT2D eigenvalue weighted by Gasteiger charge is -2.24. The highest BCUT2D eigenvalue weighted by molar-refractivity contribution is 7.79. The summed E-state index contributed by atoms with van der Waals surface area (Å²) < 4.78 is 21.2. The molecule has 0 heterocycles. The summed E-state index contributed by atoms with van der Waals surface area (Å²) in [6, 6.07) is 0. The van der Waals surface area contributed by atoms with Gasteiger partial charge >= 0.3 is 0 Å². The standard InChI is InChI=1S/C10H22N2O3S/c1-5-9(8-16(14)15)10(13)12(4)7-6-11(2)3/h9H,5-8H2,1-4H3,(H,14,15)/p-1/t9-/m1/s1. The summed E-state index contributed by atoms with van der Waals surface area (Å²) in [5.41, 5.74) is 0. The third kappa shape index (κ3) is 6.19. The molecule has 1 unspecified atom stereocenters. The van der Waals surface area contributed by atoms with Crippen LogP contribution in [0.15, 0.2) is 0 Å². The molecule has 0 aliphatic rings. The topological polar surface area (TPSA) is 63.7 Å². The minimum Gasteiger partial charge on any atom is -0.772 e. The highest BCUT2D eigenvalue weighted by Crippen LogP contribution is 2.08.